The van der Waals surface area contributed by atoms with Crippen LogP contribution in [0.3, 0.4) is 0 Å². The highest BCUT2D eigenvalue weighted by Crippen LogP contribution is 2.38. The van der Waals surface area contributed by atoms with Crippen LogP contribution in [0.1, 0.15) is 12.5 Å². The van der Waals surface area contributed by atoms with Crippen molar-refractivity contribution in [2.45, 2.75) is 24.9 Å². The summed E-state index contributed by atoms with van der Waals surface area (Å²) < 4.78 is 21.7. The molecule has 1 fully saturated rings. The fourth-order valence-corrected chi connectivity index (χ4v) is 2.85. The highest BCUT2D eigenvalue weighted by Gasteiger charge is 2.44. The third kappa shape index (κ3) is 4.21. The normalized spacial score (nSPS) is 25.6. The van der Waals surface area contributed by atoms with Gasteiger partial charge in [0, 0.05) is 6.61 Å². The molecule has 0 amide bonds. The summed E-state index contributed by atoms with van der Waals surface area (Å²) in [5, 5.41) is -1.10. The van der Waals surface area contributed by atoms with E-state index in [2.05, 4.69) is 0 Å². The van der Waals surface area contributed by atoms with Crippen LogP contribution in [-0.4, -0.2) is 36.8 Å². The molecule has 0 bridgehead atoms. The molecule has 1 aromatic carbocycles. The van der Waals surface area contributed by atoms with E-state index >= 15 is 0 Å². The molecule has 1 aromatic rings. The lowest BCUT2D eigenvalue weighted by molar-refractivity contribution is -0.247. The summed E-state index contributed by atoms with van der Waals surface area (Å²) in [5.74, 6) is 0.608. The second kappa shape index (κ2) is 7.64. The van der Waals surface area contributed by atoms with Crippen molar-refractivity contribution in [3.05, 3.63) is 35.9 Å². The van der Waals surface area contributed by atoms with Gasteiger partial charge in [0.1, 0.15) is 6.61 Å². The van der Waals surface area contributed by atoms with E-state index in [1.807, 2.05) is 37.3 Å². The molecule has 0 aliphatic carbocycles. The maximum Gasteiger partial charge on any atom is 0.296 e. The molecule has 2 atom stereocenters. The predicted octanol–water partition coefficient (Wildman–Crippen LogP) is 2.16. The van der Waals surface area contributed by atoms with Gasteiger partial charge in [0.15, 0.2) is 6.29 Å². The number of benzene rings is 1. The number of hydrogen-bond acceptors (Lipinski definition) is 6. The van der Waals surface area contributed by atoms with Crippen LogP contribution in [0.25, 0.3) is 0 Å². The van der Waals surface area contributed by atoms with Crippen LogP contribution >= 0.6 is 11.8 Å². The van der Waals surface area contributed by atoms with Crippen LogP contribution in [0.2, 0.25) is 0 Å². The number of ether oxygens (including phenoxy) is 4. The van der Waals surface area contributed by atoms with Crippen molar-refractivity contribution in [3.63, 3.8) is 0 Å². The van der Waals surface area contributed by atoms with Crippen molar-refractivity contribution in [2.75, 3.05) is 19.0 Å². The maximum atomic E-state index is 10.7. The van der Waals surface area contributed by atoms with Gasteiger partial charge in [0.25, 0.3) is 11.6 Å². The highest BCUT2D eigenvalue weighted by atomic mass is 32.2. The van der Waals surface area contributed by atoms with E-state index in [1.165, 1.54) is 11.8 Å². The summed E-state index contributed by atoms with van der Waals surface area (Å²) in [5.41, 5.74) is 1.05. The van der Waals surface area contributed by atoms with Gasteiger partial charge in [-0.2, -0.15) is 0 Å². The molecule has 110 valence electrons. The molecule has 2 unspecified atom stereocenters. The van der Waals surface area contributed by atoms with Crippen molar-refractivity contribution in [3.8, 4) is 0 Å². The van der Waals surface area contributed by atoms with E-state index in [0.29, 0.717) is 25.4 Å². The minimum absolute atomic E-state index is 0.162. The smallest absolute Gasteiger partial charge is 0.296 e. The lowest BCUT2D eigenvalue weighted by Crippen LogP contribution is -2.35. The van der Waals surface area contributed by atoms with Crippen LogP contribution in [0.5, 0.6) is 0 Å². The number of carbonyl (C=O) groups is 1. The summed E-state index contributed by atoms with van der Waals surface area (Å²) in [7, 11) is 0. The largest absolute Gasteiger partial charge is 0.423 e. The second-order valence-electron chi connectivity index (χ2n) is 4.19. The zero-order chi connectivity index (χ0) is 14.3. The van der Waals surface area contributed by atoms with Crippen molar-refractivity contribution >= 4 is 18.2 Å². The molecule has 20 heavy (non-hydrogen) atoms. The van der Waals surface area contributed by atoms with Crippen molar-refractivity contribution in [1.29, 1.82) is 0 Å². The van der Waals surface area contributed by atoms with Gasteiger partial charge < -0.3 is 14.2 Å². The Morgan fingerprint density at radius 3 is 2.95 bits per heavy atom. The first-order valence-electron chi connectivity index (χ1n) is 6.44. The first-order valence-corrected chi connectivity index (χ1v) is 7.43. The minimum atomic E-state index is -1.10. The van der Waals surface area contributed by atoms with E-state index in [-0.39, 0.29) is 12.9 Å². The van der Waals surface area contributed by atoms with Gasteiger partial charge in [-0.1, -0.05) is 42.1 Å². The number of thioether (sulfide) groups is 1. The SMILES string of the molecule is CCOC1CSC(COCc2ccccc2)(OC=O)O1. The summed E-state index contributed by atoms with van der Waals surface area (Å²) in [6, 6.07) is 9.78. The van der Waals surface area contributed by atoms with Crippen LogP contribution in [0.4, 0.5) is 0 Å². The molecule has 0 N–H and O–H groups in total. The molecule has 1 saturated heterocycles. The van der Waals surface area contributed by atoms with Crippen LogP contribution < -0.4 is 0 Å². The molecular formula is C14H18O5S. The van der Waals surface area contributed by atoms with Gasteiger partial charge in [-0.3, -0.25) is 9.53 Å². The van der Waals surface area contributed by atoms with Crippen molar-refractivity contribution in [2.24, 2.45) is 0 Å². The Kier molecular flexibility index (Phi) is 5.85. The fourth-order valence-electron chi connectivity index (χ4n) is 1.84. The molecule has 1 aliphatic heterocycles. The molecule has 0 saturated carbocycles. The summed E-state index contributed by atoms with van der Waals surface area (Å²) in [6.07, 6.45) is -0.370. The monoisotopic (exact) mass is 298 g/mol. The standard InChI is InChI=1S/C14H18O5S/c1-2-17-13-9-20-14(19-13,18-11-15)10-16-8-12-6-4-3-5-7-12/h3-7,11,13H,2,8-10H2,1H3. The zero-order valence-corrected chi connectivity index (χ0v) is 12.1. The summed E-state index contributed by atoms with van der Waals surface area (Å²) in [4.78, 5) is 10.7. The third-order valence-electron chi connectivity index (χ3n) is 2.72. The Labute approximate surface area is 122 Å². The Hall–Kier alpha value is -1.08. The molecule has 0 radical (unpaired) electrons. The molecule has 1 aliphatic rings. The van der Waals surface area contributed by atoms with Crippen molar-refractivity contribution < 1.29 is 23.7 Å². The molecule has 0 aromatic heterocycles. The Morgan fingerprint density at radius 1 is 1.45 bits per heavy atom. The first kappa shape index (κ1) is 15.3. The quantitative estimate of drug-likeness (QED) is 0.686. The average molecular weight is 298 g/mol. The van der Waals surface area contributed by atoms with Gasteiger partial charge >= 0.3 is 0 Å². The molecule has 6 heteroatoms. The third-order valence-corrected chi connectivity index (χ3v) is 3.91. The minimum Gasteiger partial charge on any atom is -0.423 e. The van der Waals surface area contributed by atoms with Gasteiger partial charge in [-0.25, -0.2) is 0 Å². The highest BCUT2D eigenvalue weighted by molar-refractivity contribution is 8.00. The van der Waals surface area contributed by atoms with Gasteiger partial charge in [-0.15, -0.1) is 0 Å². The number of hydrogen-bond donors (Lipinski definition) is 0. The fraction of sp³-hybridized carbons (Fsp3) is 0.500. The van der Waals surface area contributed by atoms with Crippen molar-refractivity contribution in [1.82, 2.24) is 0 Å². The molecule has 0 spiro atoms. The average Bonchev–Trinajstić information content (AvgIpc) is 2.84. The van der Waals surface area contributed by atoms with Crippen LogP contribution in [-0.2, 0) is 30.3 Å². The topological polar surface area (TPSA) is 54.0 Å². The summed E-state index contributed by atoms with van der Waals surface area (Å²) >= 11 is 1.37. The maximum absolute atomic E-state index is 10.7. The van der Waals surface area contributed by atoms with Crippen LogP contribution in [0, 0.1) is 0 Å². The predicted molar refractivity (Wildman–Crippen MR) is 74.9 cm³/mol. The zero-order valence-electron chi connectivity index (χ0n) is 11.3. The Balaban J connectivity index is 1.85. The van der Waals surface area contributed by atoms with Gasteiger partial charge in [-0.05, 0) is 12.5 Å². The van der Waals surface area contributed by atoms with E-state index < -0.39 is 5.12 Å². The molecule has 5 nitrogen and oxygen atoms in total. The summed E-state index contributed by atoms with van der Waals surface area (Å²) in [6.45, 7) is 3.42. The second-order valence-corrected chi connectivity index (χ2v) is 5.43. The Bertz CT molecular complexity index is 413. The van der Waals surface area contributed by atoms with E-state index in [0.717, 1.165) is 5.56 Å². The number of rotatable bonds is 8. The Morgan fingerprint density at radius 2 is 2.25 bits per heavy atom. The van der Waals surface area contributed by atoms with E-state index in [9.17, 15) is 4.79 Å². The van der Waals surface area contributed by atoms with E-state index in [1.54, 1.807) is 0 Å². The lowest BCUT2D eigenvalue weighted by Gasteiger charge is -2.25. The lowest BCUT2D eigenvalue weighted by atomic mass is 10.2. The van der Waals surface area contributed by atoms with Gasteiger partial charge in [0.2, 0.25) is 0 Å². The molecular weight excluding hydrogens is 280 g/mol. The van der Waals surface area contributed by atoms with Crippen LogP contribution in [0.15, 0.2) is 30.3 Å². The van der Waals surface area contributed by atoms with Gasteiger partial charge in [0.05, 0.1) is 12.4 Å². The van der Waals surface area contributed by atoms with E-state index in [4.69, 9.17) is 18.9 Å². The number of carbonyl (C=O) groups excluding carboxylic acids is 1. The molecule has 1 heterocycles. The first-order chi connectivity index (χ1) is 9.78. The molecule has 2 rings (SSSR count).